The van der Waals surface area contributed by atoms with E-state index in [4.69, 9.17) is 14.8 Å². The largest absolute Gasteiger partial charge is 0.456 e. The highest BCUT2D eigenvalue weighted by atomic mass is 32.2. The lowest BCUT2D eigenvalue weighted by molar-refractivity contribution is 0.478. The highest BCUT2D eigenvalue weighted by Gasteiger charge is 2.24. The second-order valence-corrected chi connectivity index (χ2v) is 11.4. The normalized spacial score (nSPS) is 13.2. The van der Waals surface area contributed by atoms with Crippen LogP contribution in [0.25, 0.3) is 33.4 Å². The molecule has 0 saturated heterocycles. The minimum Gasteiger partial charge on any atom is -0.456 e. The van der Waals surface area contributed by atoms with Gasteiger partial charge in [-0.25, -0.2) is 10.4 Å². The van der Waals surface area contributed by atoms with Crippen LogP contribution in [-0.2, 0) is 20.2 Å². The van der Waals surface area contributed by atoms with Crippen molar-refractivity contribution in [3.63, 3.8) is 0 Å². The van der Waals surface area contributed by atoms with Crippen molar-refractivity contribution in [2.45, 2.75) is 11.3 Å². The summed E-state index contributed by atoms with van der Waals surface area (Å²) in [4.78, 5) is -0.231. The van der Waals surface area contributed by atoms with E-state index < -0.39 is 20.2 Å². The topological polar surface area (TPSA) is 154 Å². The van der Waals surface area contributed by atoms with Gasteiger partial charge < -0.3 is 9.43 Å². The fraction of sp³-hybridized carbons (Fsp3) is 0.208. The summed E-state index contributed by atoms with van der Waals surface area (Å²) in [6.45, 7) is 0.361. The molecule has 4 N–H and O–H groups in total. The fourth-order valence-corrected chi connectivity index (χ4v) is 5.32. The third kappa shape index (κ3) is 5.42. The molecular formula is C24H26N3O7S2+. The summed E-state index contributed by atoms with van der Waals surface area (Å²) in [5, 5.41) is 2.77. The van der Waals surface area contributed by atoms with Crippen LogP contribution in [0, 0.1) is 0 Å². The number of benzene rings is 3. The molecule has 190 valence electrons. The van der Waals surface area contributed by atoms with Gasteiger partial charge in [-0.05, 0) is 24.3 Å². The molecule has 0 bridgehead atoms. The Balaban J connectivity index is 2.01. The lowest BCUT2D eigenvalue weighted by Crippen LogP contribution is -2.28. The van der Waals surface area contributed by atoms with Crippen molar-refractivity contribution >= 4 is 36.9 Å². The maximum atomic E-state index is 12.2. The molecule has 1 aliphatic carbocycles. The van der Waals surface area contributed by atoms with Crippen molar-refractivity contribution in [1.29, 1.82) is 0 Å². The van der Waals surface area contributed by atoms with Crippen LogP contribution in [0.15, 0.2) is 70.0 Å². The van der Waals surface area contributed by atoms with Gasteiger partial charge in [-0.1, -0.05) is 18.2 Å². The van der Waals surface area contributed by atoms with E-state index in [0.29, 0.717) is 45.7 Å². The minimum atomic E-state index is -4.52. The Kier molecular flexibility index (Phi) is 6.90. The van der Waals surface area contributed by atoms with Crippen LogP contribution in [0.2, 0.25) is 0 Å². The summed E-state index contributed by atoms with van der Waals surface area (Å²) in [7, 11) is -5.12. The van der Waals surface area contributed by atoms with E-state index >= 15 is 0 Å². The number of hydrazine groups is 1. The monoisotopic (exact) mass is 532 g/mol. The van der Waals surface area contributed by atoms with Gasteiger partial charge in [-0.3, -0.25) is 9.11 Å². The Hall–Kier alpha value is -3.29. The number of fused-ring (bicyclic) bond motifs is 2. The summed E-state index contributed by atoms with van der Waals surface area (Å²) in [5.74, 6) is 5.99. The van der Waals surface area contributed by atoms with Gasteiger partial charge in [0.2, 0.25) is 5.36 Å². The third-order valence-electron chi connectivity index (χ3n) is 5.87. The number of hydrogen-bond donors (Lipinski definition) is 3. The van der Waals surface area contributed by atoms with E-state index in [0.717, 1.165) is 5.36 Å². The molecule has 36 heavy (non-hydrogen) atoms. The van der Waals surface area contributed by atoms with Crippen molar-refractivity contribution in [3.05, 3.63) is 66.0 Å². The Morgan fingerprint density at radius 2 is 1.69 bits per heavy atom. The molecule has 0 aromatic heterocycles. The summed E-state index contributed by atoms with van der Waals surface area (Å²) in [5.41, 5.74) is 2.60. The molecule has 1 aliphatic heterocycles. The first kappa shape index (κ1) is 25.8. The van der Waals surface area contributed by atoms with Crippen LogP contribution in [0.3, 0.4) is 0 Å². The van der Waals surface area contributed by atoms with Crippen LogP contribution in [0.5, 0.6) is 0 Å². The van der Waals surface area contributed by atoms with E-state index in [1.54, 1.807) is 62.6 Å². The molecule has 0 radical (unpaired) electrons. The fourth-order valence-electron chi connectivity index (χ4n) is 4.13. The zero-order valence-electron chi connectivity index (χ0n) is 19.6. The second-order valence-electron chi connectivity index (χ2n) is 8.48. The lowest BCUT2D eigenvalue weighted by Gasteiger charge is -2.18. The summed E-state index contributed by atoms with van der Waals surface area (Å²) in [6.07, 6.45) is 0.224. The Bertz CT molecular complexity index is 1710. The smallest absolute Gasteiger partial charge is 0.295 e. The van der Waals surface area contributed by atoms with E-state index in [-0.39, 0.29) is 17.1 Å². The van der Waals surface area contributed by atoms with Gasteiger partial charge in [0.1, 0.15) is 29.8 Å². The highest BCUT2D eigenvalue weighted by Crippen LogP contribution is 2.42. The first-order valence-electron chi connectivity index (χ1n) is 10.9. The summed E-state index contributed by atoms with van der Waals surface area (Å²) < 4.78 is 73.4. The molecule has 2 aliphatic rings. The molecule has 4 rings (SSSR count). The maximum Gasteiger partial charge on any atom is 0.295 e. The minimum absolute atomic E-state index is 0.224. The highest BCUT2D eigenvalue weighted by molar-refractivity contribution is 7.86. The van der Waals surface area contributed by atoms with E-state index in [9.17, 15) is 21.4 Å². The predicted molar refractivity (Wildman–Crippen MR) is 138 cm³/mol. The standard InChI is InChI=1S/C24H25N3O7S2/c1-26(12-5-13-35(28,29)30)16-8-10-18-21(14-16)34-22-15-17(27(2)25)9-11-19(22)24(18)20-6-3-4-7-23(20)36(31,32)33/h3-4,6-11,14-15H,5,12-13,25H2,1-2H3,(H-,28,29,30,31,32,33)/p+1. The van der Waals surface area contributed by atoms with Crippen LogP contribution < -0.4 is 20.8 Å². The van der Waals surface area contributed by atoms with Crippen molar-refractivity contribution in [2.24, 2.45) is 5.84 Å². The average molecular weight is 533 g/mol. The van der Waals surface area contributed by atoms with Crippen LogP contribution in [0.4, 0.5) is 5.69 Å². The number of rotatable bonds is 7. The summed E-state index contributed by atoms with van der Waals surface area (Å²) >= 11 is 0. The average Bonchev–Trinajstić information content (AvgIpc) is 2.80. The molecule has 2 aromatic rings. The number of hydrogen-bond acceptors (Lipinski definition) is 7. The second kappa shape index (κ2) is 9.64. The lowest BCUT2D eigenvalue weighted by atomic mass is 9.93. The van der Waals surface area contributed by atoms with Crippen LogP contribution in [0.1, 0.15) is 6.42 Å². The van der Waals surface area contributed by atoms with Crippen molar-refractivity contribution in [2.75, 3.05) is 31.4 Å². The number of nitrogens with two attached hydrogens (primary N) is 1. The van der Waals surface area contributed by atoms with Gasteiger partial charge in [-0.2, -0.15) is 16.8 Å². The Morgan fingerprint density at radius 3 is 2.36 bits per heavy atom. The van der Waals surface area contributed by atoms with Crippen molar-refractivity contribution in [3.8, 4) is 22.5 Å². The van der Waals surface area contributed by atoms with Gasteiger partial charge in [0, 0.05) is 47.7 Å². The molecule has 2 aromatic carbocycles. The molecule has 0 amide bonds. The van der Waals surface area contributed by atoms with Crippen molar-refractivity contribution < 1.29 is 30.4 Å². The molecule has 1 heterocycles. The predicted octanol–water partition coefficient (Wildman–Crippen LogP) is 2.44. The Morgan fingerprint density at radius 1 is 0.972 bits per heavy atom. The first-order valence-corrected chi connectivity index (χ1v) is 14.0. The van der Waals surface area contributed by atoms with Gasteiger partial charge in [0.15, 0.2) is 0 Å². The molecule has 0 atom stereocenters. The molecule has 10 nitrogen and oxygen atoms in total. The van der Waals surface area contributed by atoms with Gasteiger partial charge in [0.05, 0.1) is 17.5 Å². The van der Waals surface area contributed by atoms with E-state index in [1.807, 2.05) is 4.58 Å². The number of nitrogens with zero attached hydrogens (tertiary/aromatic N) is 2. The molecule has 0 saturated carbocycles. The third-order valence-corrected chi connectivity index (χ3v) is 7.58. The SMILES string of the molecule is CN(N)c1ccc2c(-c3ccccc3S(=O)(=O)O)c3ccc(=[N+](C)CCCS(=O)(=O)O)cc-3oc2c1. The van der Waals surface area contributed by atoms with Crippen LogP contribution in [-0.4, -0.2) is 52.3 Å². The van der Waals surface area contributed by atoms with Gasteiger partial charge in [0.25, 0.3) is 20.2 Å². The van der Waals surface area contributed by atoms with E-state index in [2.05, 4.69) is 0 Å². The molecule has 12 heteroatoms. The van der Waals surface area contributed by atoms with Crippen molar-refractivity contribution in [1.82, 2.24) is 4.58 Å². The van der Waals surface area contributed by atoms with Gasteiger partial charge in [-0.15, -0.1) is 0 Å². The van der Waals surface area contributed by atoms with E-state index in [1.165, 1.54) is 17.1 Å². The number of anilines is 1. The molecule has 0 fully saturated rings. The van der Waals surface area contributed by atoms with Gasteiger partial charge >= 0.3 is 0 Å². The zero-order valence-corrected chi connectivity index (χ0v) is 21.3. The first-order chi connectivity index (χ1) is 16.8. The quantitative estimate of drug-likeness (QED) is 0.107. The zero-order chi connectivity index (χ0) is 26.3. The Labute approximate surface area is 208 Å². The maximum absolute atomic E-state index is 12.2. The molecular weight excluding hydrogens is 506 g/mol. The van der Waals surface area contributed by atoms with Crippen LogP contribution >= 0.6 is 0 Å². The molecule has 0 spiro atoms. The molecule has 0 unspecified atom stereocenters. The summed E-state index contributed by atoms with van der Waals surface area (Å²) in [6, 6.07) is 16.8.